The molecule has 2 rings (SSSR count). The number of aromatic nitrogens is 2. The standard InChI is InChI=1S/C11H8BrFN2O/c1-16-11-9(12)6-10(14-15-11)7-3-2-4-8(13)5-7/h2-6H,1H3. The maximum atomic E-state index is 13.0. The van der Waals surface area contributed by atoms with E-state index in [9.17, 15) is 4.39 Å². The van der Waals surface area contributed by atoms with E-state index in [-0.39, 0.29) is 5.82 Å². The third-order valence-electron chi connectivity index (χ3n) is 2.03. The van der Waals surface area contributed by atoms with Crippen LogP contribution in [0.4, 0.5) is 4.39 Å². The predicted octanol–water partition coefficient (Wildman–Crippen LogP) is 3.05. The van der Waals surface area contributed by atoms with Crippen molar-refractivity contribution in [2.45, 2.75) is 0 Å². The van der Waals surface area contributed by atoms with Crippen molar-refractivity contribution in [3.8, 4) is 17.1 Å². The molecule has 3 nitrogen and oxygen atoms in total. The Morgan fingerprint density at radius 3 is 2.69 bits per heavy atom. The van der Waals surface area contributed by atoms with Crippen LogP contribution in [0, 0.1) is 5.82 Å². The third kappa shape index (κ3) is 2.19. The molecule has 0 atom stereocenters. The highest BCUT2D eigenvalue weighted by Gasteiger charge is 2.07. The molecular weight excluding hydrogens is 275 g/mol. The normalized spacial score (nSPS) is 10.2. The van der Waals surface area contributed by atoms with Gasteiger partial charge in [0.1, 0.15) is 5.82 Å². The fourth-order valence-corrected chi connectivity index (χ4v) is 1.74. The number of methoxy groups -OCH3 is 1. The minimum absolute atomic E-state index is 0.300. The molecule has 0 amide bonds. The average molecular weight is 283 g/mol. The van der Waals surface area contributed by atoms with Crippen LogP contribution >= 0.6 is 15.9 Å². The molecule has 0 radical (unpaired) electrons. The summed E-state index contributed by atoms with van der Waals surface area (Å²) in [4.78, 5) is 0. The van der Waals surface area contributed by atoms with Crippen molar-refractivity contribution < 1.29 is 9.13 Å². The monoisotopic (exact) mass is 282 g/mol. The van der Waals surface area contributed by atoms with Gasteiger partial charge in [-0.15, -0.1) is 10.2 Å². The Hall–Kier alpha value is -1.49. The van der Waals surface area contributed by atoms with E-state index >= 15 is 0 Å². The summed E-state index contributed by atoms with van der Waals surface area (Å²) in [6.45, 7) is 0. The highest BCUT2D eigenvalue weighted by molar-refractivity contribution is 9.10. The number of ether oxygens (including phenoxy) is 1. The van der Waals surface area contributed by atoms with E-state index in [0.717, 1.165) is 0 Å². The molecule has 0 fully saturated rings. The molecule has 0 unspecified atom stereocenters. The zero-order chi connectivity index (χ0) is 11.5. The smallest absolute Gasteiger partial charge is 0.247 e. The van der Waals surface area contributed by atoms with E-state index in [1.165, 1.54) is 19.2 Å². The van der Waals surface area contributed by atoms with Gasteiger partial charge >= 0.3 is 0 Å². The Bertz CT molecular complexity index is 519. The van der Waals surface area contributed by atoms with Crippen LogP contribution in [0.3, 0.4) is 0 Å². The number of benzene rings is 1. The summed E-state index contributed by atoms with van der Waals surface area (Å²) in [6, 6.07) is 7.93. The molecule has 16 heavy (non-hydrogen) atoms. The first-order valence-electron chi connectivity index (χ1n) is 4.54. The van der Waals surface area contributed by atoms with E-state index < -0.39 is 0 Å². The molecule has 0 spiro atoms. The minimum Gasteiger partial charge on any atom is -0.479 e. The molecule has 1 aromatic carbocycles. The second-order valence-corrected chi connectivity index (χ2v) is 3.95. The van der Waals surface area contributed by atoms with Crippen molar-refractivity contribution in [2.75, 3.05) is 7.11 Å². The lowest BCUT2D eigenvalue weighted by atomic mass is 10.1. The molecule has 0 saturated heterocycles. The van der Waals surface area contributed by atoms with Gasteiger partial charge in [0, 0.05) is 5.56 Å². The highest BCUT2D eigenvalue weighted by atomic mass is 79.9. The van der Waals surface area contributed by atoms with Crippen molar-refractivity contribution in [1.82, 2.24) is 10.2 Å². The lowest BCUT2D eigenvalue weighted by Crippen LogP contribution is -1.94. The maximum Gasteiger partial charge on any atom is 0.247 e. The largest absolute Gasteiger partial charge is 0.479 e. The Morgan fingerprint density at radius 2 is 2.06 bits per heavy atom. The van der Waals surface area contributed by atoms with Gasteiger partial charge in [-0.05, 0) is 34.1 Å². The summed E-state index contributed by atoms with van der Waals surface area (Å²) >= 11 is 3.30. The number of hydrogen-bond donors (Lipinski definition) is 0. The fourth-order valence-electron chi connectivity index (χ4n) is 1.28. The van der Waals surface area contributed by atoms with E-state index in [4.69, 9.17) is 4.74 Å². The van der Waals surface area contributed by atoms with Crippen molar-refractivity contribution >= 4 is 15.9 Å². The summed E-state index contributed by atoms with van der Waals surface area (Å²) in [7, 11) is 1.51. The maximum absolute atomic E-state index is 13.0. The predicted molar refractivity (Wildman–Crippen MR) is 61.7 cm³/mol. The number of halogens is 2. The first kappa shape index (κ1) is 11.0. The van der Waals surface area contributed by atoms with Gasteiger partial charge in [-0.25, -0.2) is 4.39 Å². The zero-order valence-corrected chi connectivity index (χ0v) is 10.0. The summed E-state index contributed by atoms with van der Waals surface area (Å²) in [5, 5.41) is 7.81. The van der Waals surface area contributed by atoms with Crippen molar-refractivity contribution in [2.24, 2.45) is 0 Å². The summed E-state index contributed by atoms with van der Waals surface area (Å²) in [5.74, 6) is 0.103. The summed E-state index contributed by atoms with van der Waals surface area (Å²) < 4.78 is 18.7. The van der Waals surface area contributed by atoms with Crippen LogP contribution in [0.1, 0.15) is 0 Å². The van der Waals surface area contributed by atoms with Crippen molar-refractivity contribution in [3.63, 3.8) is 0 Å². The molecule has 2 aromatic rings. The van der Waals surface area contributed by atoms with Gasteiger partial charge in [0.05, 0.1) is 17.3 Å². The van der Waals surface area contributed by atoms with E-state index in [1.807, 2.05) is 0 Å². The number of hydrogen-bond acceptors (Lipinski definition) is 3. The van der Waals surface area contributed by atoms with E-state index in [0.29, 0.717) is 21.6 Å². The molecule has 1 heterocycles. The molecular formula is C11H8BrFN2O. The molecule has 82 valence electrons. The Labute approximate surface area is 100 Å². The first-order valence-corrected chi connectivity index (χ1v) is 5.33. The summed E-state index contributed by atoms with van der Waals surface area (Å²) in [5.41, 5.74) is 1.27. The lowest BCUT2D eigenvalue weighted by Gasteiger charge is -2.03. The van der Waals surface area contributed by atoms with Crippen molar-refractivity contribution in [3.05, 3.63) is 40.6 Å². The summed E-state index contributed by atoms with van der Waals surface area (Å²) in [6.07, 6.45) is 0. The quantitative estimate of drug-likeness (QED) is 0.849. The molecule has 0 saturated carbocycles. The molecule has 0 aliphatic rings. The van der Waals surface area contributed by atoms with Crippen LogP contribution in [0.2, 0.25) is 0 Å². The van der Waals surface area contributed by atoms with E-state index in [1.54, 1.807) is 18.2 Å². The number of rotatable bonds is 2. The molecule has 0 N–H and O–H groups in total. The Kier molecular flexibility index (Phi) is 3.14. The highest BCUT2D eigenvalue weighted by Crippen LogP contribution is 2.26. The molecule has 5 heteroatoms. The fraction of sp³-hybridized carbons (Fsp3) is 0.0909. The molecule has 1 aromatic heterocycles. The van der Waals surface area contributed by atoms with Gasteiger partial charge in [0.15, 0.2) is 0 Å². The van der Waals surface area contributed by atoms with Gasteiger partial charge in [-0.2, -0.15) is 0 Å². The van der Waals surface area contributed by atoms with Crippen molar-refractivity contribution in [1.29, 1.82) is 0 Å². The minimum atomic E-state index is -0.300. The van der Waals surface area contributed by atoms with Crippen LogP contribution in [0.15, 0.2) is 34.8 Å². The third-order valence-corrected chi connectivity index (χ3v) is 2.60. The van der Waals surface area contributed by atoms with Gasteiger partial charge < -0.3 is 4.74 Å². The van der Waals surface area contributed by atoms with Gasteiger partial charge in [0.25, 0.3) is 0 Å². The second kappa shape index (κ2) is 4.57. The lowest BCUT2D eigenvalue weighted by molar-refractivity contribution is 0.389. The van der Waals surface area contributed by atoms with Gasteiger partial charge in [-0.3, -0.25) is 0 Å². The Balaban J connectivity index is 2.45. The van der Waals surface area contributed by atoms with Gasteiger partial charge in [-0.1, -0.05) is 12.1 Å². The second-order valence-electron chi connectivity index (χ2n) is 3.10. The topological polar surface area (TPSA) is 35.0 Å². The average Bonchev–Trinajstić information content (AvgIpc) is 2.29. The van der Waals surface area contributed by atoms with Crippen LogP contribution in [0.5, 0.6) is 5.88 Å². The van der Waals surface area contributed by atoms with E-state index in [2.05, 4.69) is 26.1 Å². The van der Waals surface area contributed by atoms with Crippen LogP contribution < -0.4 is 4.74 Å². The van der Waals surface area contributed by atoms with Crippen LogP contribution in [-0.4, -0.2) is 17.3 Å². The van der Waals surface area contributed by atoms with Crippen LogP contribution in [0.25, 0.3) is 11.3 Å². The molecule has 0 aliphatic carbocycles. The molecule has 0 bridgehead atoms. The van der Waals surface area contributed by atoms with Gasteiger partial charge in [0.2, 0.25) is 5.88 Å². The SMILES string of the molecule is COc1nnc(-c2cccc(F)c2)cc1Br. The first-order chi connectivity index (χ1) is 7.70. The number of nitrogens with zero attached hydrogens (tertiary/aromatic N) is 2. The van der Waals surface area contributed by atoms with Crippen LogP contribution in [-0.2, 0) is 0 Å². The molecule has 0 aliphatic heterocycles. The Morgan fingerprint density at radius 1 is 1.25 bits per heavy atom. The zero-order valence-electron chi connectivity index (χ0n) is 8.45.